The van der Waals surface area contributed by atoms with Crippen molar-refractivity contribution in [1.29, 1.82) is 0 Å². The molecule has 2 N–H and O–H groups in total. The van der Waals surface area contributed by atoms with Crippen LogP contribution in [0.3, 0.4) is 0 Å². The van der Waals surface area contributed by atoms with E-state index in [9.17, 15) is 4.79 Å². The molecule has 0 aliphatic rings. The lowest BCUT2D eigenvalue weighted by molar-refractivity contribution is -0.115. The lowest BCUT2D eigenvalue weighted by Gasteiger charge is -2.23. The van der Waals surface area contributed by atoms with Crippen molar-refractivity contribution >= 4 is 23.2 Å². The van der Waals surface area contributed by atoms with Crippen LogP contribution in [0.25, 0.3) is 0 Å². The molecule has 0 saturated carbocycles. The molecule has 0 bridgehead atoms. The first-order valence-corrected chi connectivity index (χ1v) is 7.68. The number of hydrogen-bond acceptors (Lipinski definition) is 3. The molecule has 0 aromatic heterocycles. The highest BCUT2D eigenvalue weighted by Gasteiger charge is 2.13. The first kappa shape index (κ1) is 18.0. The van der Waals surface area contributed by atoms with E-state index in [1.807, 2.05) is 26.2 Å². The summed E-state index contributed by atoms with van der Waals surface area (Å²) in [6, 6.07) is 7.48. The fraction of sp³-hybridized carbons (Fsp3) is 0.562. The Kier molecular flexibility index (Phi) is 7.72. The summed E-state index contributed by atoms with van der Waals surface area (Å²) in [6.45, 7) is 5.60. The van der Waals surface area contributed by atoms with Crippen LogP contribution in [-0.4, -0.2) is 44.0 Å². The smallest absolute Gasteiger partial charge is 0.238 e. The number of carbonyl (C=O) groups is 1. The van der Waals surface area contributed by atoms with Crippen molar-refractivity contribution in [2.24, 2.45) is 5.92 Å². The molecule has 5 heteroatoms. The zero-order valence-electron chi connectivity index (χ0n) is 13.3. The van der Waals surface area contributed by atoms with Crippen molar-refractivity contribution in [3.05, 3.63) is 29.3 Å². The summed E-state index contributed by atoms with van der Waals surface area (Å²) in [6.07, 6.45) is 1.04. The van der Waals surface area contributed by atoms with Crippen LogP contribution in [0.2, 0.25) is 5.02 Å². The lowest BCUT2D eigenvalue weighted by atomic mass is 10.0. The van der Waals surface area contributed by atoms with Gasteiger partial charge in [0.25, 0.3) is 0 Å². The Morgan fingerprint density at radius 3 is 2.62 bits per heavy atom. The van der Waals surface area contributed by atoms with Crippen LogP contribution in [0, 0.1) is 5.92 Å². The molecule has 0 heterocycles. The van der Waals surface area contributed by atoms with Gasteiger partial charge in [0.1, 0.15) is 0 Å². The Morgan fingerprint density at radius 1 is 1.33 bits per heavy atom. The van der Waals surface area contributed by atoms with Gasteiger partial charge in [-0.2, -0.15) is 0 Å². The Labute approximate surface area is 132 Å². The van der Waals surface area contributed by atoms with Crippen LogP contribution < -0.4 is 10.6 Å². The quantitative estimate of drug-likeness (QED) is 0.776. The molecule has 0 fully saturated rings. The van der Waals surface area contributed by atoms with Gasteiger partial charge >= 0.3 is 0 Å². The second-order valence-electron chi connectivity index (χ2n) is 6.03. The van der Waals surface area contributed by atoms with E-state index in [0.29, 0.717) is 23.5 Å². The third-order valence-electron chi connectivity index (χ3n) is 3.00. The van der Waals surface area contributed by atoms with Crippen molar-refractivity contribution in [3.8, 4) is 0 Å². The van der Waals surface area contributed by atoms with Crippen LogP contribution in [0.15, 0.2) is 24.3 Å². The summed E-state index contributed by atoms with van der Waals surface area (Å²) < 4.78 is 0. The zero-order valence-corrected chi connectivity index (χ0v) is 14.1. The topological polar surface area (TPSA) is 44.4 Å². The maximum Gasteiger partial charge on any atom is 0.238 e. The predicted molar refractivity (Wildman–Crippen MR) is 89.9 cm³/mol. The van der Waals surface area contributed by atoms with Crippen LogP contribution in [0.5, 0.6) is 0 Å². The number of rotatable bonds is 8. The van der Waals surface area contributed by atoms with Crippen molar-refractivity contribution < 1.29 is 4.79 Å². The van der Waals surface area contributed by atoms with Gasteiger partial charge in [-0.05, 0) is 44.6 Å². The van der Waals surface area contributed by atoms with Gasteiger partial charge in [0.05, 0.1) is 6.54 Å². The van der Waals surface area contributed by atoms with Gasteiger partial charge in [-0.1, -0.05) is 31.5 Å². The normalized spacial score (nSPS) is 12.7. The third kappa shape index (κ3) is 8.05. The van der Waals surface area contributed by atoms with Gasteiger partial charge < -0.3 is 15.5 Å². The number of benzene rings is 1. The highest BCUT2D eigenvalue weighted by molar-refractivity contribution is 6.30. The monoisotopic (exact) mass is 311 g/mol. The summed E-state index contributed by atoms with van der Waals surface area (Å²) >= 11 is 5.90. The van der Waals surface area contributed by atoms with E-state index in [4.69, 9.17) is 11.6 Å². The summed E-state index contributed by atoms with van der Waals surface area (Å²) in [5.74, 6) is 0.545. The molecule has 1 atom stereocenters. The SMILES string of the molecule is CC(C)CC(CN(C)C)NCC(=O)Nc1cccc(Cl)c1. The molecule has 21 heavy (non-hydrogen) atoms. The molecule has 1 amide bonds. The van der Waals surface area contributed by atoms with Gasteiger partial charge in [-0.25, -0.2) is 0 Å². The maximum absolute atomic E-state index is 12.0. The molecular weight excluding hydrogens is 286 g/mol. The second-order valence-corrected chi connectivity index (χ2v) is 6.46. The molecule has 4 nitrogen and oxygen atoms in total. The molecule has 0 aliphatic carbocycles. The van der Waals surface area contributed by atoms with Crippen molar-refractivity contribution in [2.75, 3.05) is 32.5 Å². The minimum Gasteiger partial charge on any atom is -0.325 e. The average molecular weight is 312 g/mol. The number of halogens is 1. The number of anilines is 1. The molecule has 0 aliphatic heterocycles. The molecule has 0 spiro atoms. The first-order valence-electron chi connectivity index (χ1n) is 7.30. The molecule has 1 rings (SSSR count). The summed E-state index contributed by atoms with van der Waals surface area (Å²) in [5, 5.41) is 6.79. The average Bonchev–Trinajstić information content (AvgIpc) is 2.34. The fourth-order valence-electron chi connectivity index (χ4n) is 2.24. The molecule has 118 valence electrons. The fourth-order valence-corrected chi connectivity index (χ4v) is 2.43. The van der Waals surface area contributed by atoms with Gasteiger partial charge in [0.2, 0.25) is 5.91 Å². The first-order chi connectivity index (χ1) is 9.86. The minimum absolute atomic E-state index is 0.0511. The van der Waals surface area contributed by atoms with Gasteiger partial charge in [0, 0.05) is 23.3 Å². The summed E-state index contributed by atoms with van der Waals surface area (Å²) in [7, 11) is 4.09. The number of nitrogens with one attached hydrogen (secondary N) is 2. The molecule has 1 aromatic rings. The molecule has 1 aromatic carbocycles. The minimum atomic E-state index is -0.0511. The van der Waals surface area contributed by atoms with Crippen LogP contribution in [0.4, 0.5) is 5.69 Å². The van der Waals surface area contributed by atoms with E-state index in [-0.39, 0.29) is 5.91 Å². The molecule has 0 saturated heterocycles. The van der Waals surface area contributed by atoms with Gasteiger partial charge in [-0.3, -0.25) is 4.79 Å². The number of amides is 1. The molecule has 1 unspecified atom stereocenters. The molecular formula is C16H26ClN3O. The Hall–Kier alpha value is -1.10. The highest BCUT2D eigenvalue weighted by atomic mass is 35.5. The van der Waals surface area contributed by atoms with E-state index < -0.39 is 0 Å². The van der Waals surface area contributed by atoms with E-state index in [2.05, 4.69) is 29.4 Å². The standard InChI is InChI=1S/C16H26ClN3O/c1-12(2)8-15(11-20(3)4)18-10-16(21)19-14-7-5-6-13(17)9-14/h5-7,9,12,15,18H,8,10-11H2,1-4H3,(H,19,21). The van der Waals surface area contributed by atoms with Crippen LogP contribution in [0.1, 0.15) is 20.3 Å². The molecule has 0 radical (unpaired) electrons. The number of carbonyl (C=O) groups excluding carboxylic acids is 1. The Bertz CT molecular complexity index is 439. The van der Waals surface area contributed by atoms with Gasteiger partial charge in [-0.15, -0.1) is 0 Å². The zero-order chi connectivity index (χ0) is 15.8. The number of nitrogens with zero attached hydrogens (tertiary/aromatic N) is 1. The maximum atomic E-state index is 12.0. The van der Waals surface area contributed by atoms with E-state index in [1.165, 1.54) is 0 Å². The third-order valence-corrected chi connectivity index (χ3v) is 3.24. The number of likely N-dealkylation sites (N-methyl/N-ethyl adjacent to an activating group) is 1. The number of hydrogen-bond donors (Lipinski definition) is 2. The van der Waals surface area contributed by atoms with Crippen molar-refractivity contribution in [1.82, 2.24) is 10.2 Å². The predicted octanol–water partition coefficient (Wildman–Crippen LogP) is 2.84. The van der Waals surface area contributed by atoms with Crippen molar-refractivity contribution in [3.63, 3.8) is 0 Å². The van der Waals surface area contributed by atoms with E-state index >= 15 is 0 Å². The highest BCUT2D eigenvalue weighted by Crippen LogP contribution is 2.14. The van der Waals surface area contributed by atoms with Crippen LogP contribution >= 0.6 is 11.6 Å². The lowest BCUT2D eigenvalue weighted by Crippen LogP contribution is -2.42. The largest absolute Gasteiger partial charge is 0.325 e. The van der Waals surface area contributed by atoms with Crippen LogP contribution in [-0.2, 0) is 4.79 Å². The summed E-state index contributed by atoms with van der Waals surface area (Å²) in [5.41, 5.74) is 0.724. The van der Waals surface area contributed by atoms with E-state index in [1.54, 1.807) is 12.1 Å². The Balaban J connectivity index is 2.45. The van der Waals surface area contributed by atoms with Crippen molar-refractivity contribution in [2.45, 2.75) is 26.3 Å². The van der Waals surface area contributed by atoms with Gasteiger partial charge in [0.15, 0.2) is 0 Å². The van der Waals surface area contributed by atoms with E-state index in [0.717, 1.165) is 18.7 Å². The summed E-state index contributed by atoms with van der Waals surface area (Å²) in [4.78, 5) is 14.1. The second kappa shape index (κ2) is 9.03. The Morgan fingerprint density at radius 2 is 2.05 bits per heavy atom.